The molecule has 0 atom stereocenters. The molecule has 2 aromatic heterocycles. The van der Waals surface area contributed by atoms with Gasteiger partial charge in [-0.15, -0.1) is 11.3 Å². The van der Waals surface area contributed by atoms with Crippen molar-refractivity contribution in [3.05, 3.63) is 53.3 Å². The minimum atomic E-state index is -0.698. The summed E-state index contributed by atoms with van der Waals surface area (Å²) in [5.74, 6) is -1.48. The molecule has 0 radical (unpaired) electrons. The van der Waals surface area contributed by atoms with Gasteiger partial charge in [0, 0.05) is 30.2 Å². The number of para-hydroxylation sites is 1. The van der Waals surface area contributed by atoms with Crippen LogP contribution in [0.1, 0.15) is 33.7 Å². The molecule has 0 aliphatic heterocycles. The average Bonchev–Trinajstić information content (AvgIpc) is 3.22. The predicted molar refractivity (Wildman–Crippen MR) is 110 cm³/mol. The number of aryl methyl sites for hydroxylation is 1. The summed E-state index contributed by atoms with van der Waals surface area (Å²) in [5, 5.41) is 11.8. The fraction of sp³-hybridized carbons (Fsp3) is 0.250. The number of carbonyl (C=O) groups is 3. The monoisotopic (exact) mass is 425 g/mol. The van der Waals surface area contributed by atoms with E-state index >= 15 is 0 Å². The lowest BCUT2D eigenvalue weighted by Crippen LogP contribution is -2.28. The molecular formula is C20H19N5O4S. The molecular weight excluding hydrogens is 406 g/mol. The lowest BCUT2D eigenvalue weighted by molar-refractivity contribution is -0.119. The Kier molecular flexibility index (Phi) is 5.57. The summed E-state index contributed by atoms with van der Waals surface area (Å²) in [5.41, 5.74) is 1.64. The first-order valence-corrected chi connectivity index (χ1v) is 10.2. The van der Waals surface area contributed by atoms with Crippen molar-refractivity contribution in [1.29, 1.82) is 0 Å². The maximum absolute atomic E-state index is 12.3. The van der Waals surface area contributed by atoms with Gasteiger partial charge in [-0.1, -0.05) is 12.1 Å². The second-order valence-electron chi connectivity index (χ2n) is 6.86. The molecule has 2 heterocycles. The van der Waals surface area contributed by atoms with Crippen LogP contribution in [-0.2, 0) is 16.6 Å². The van der Waals surface area contributed by atoms with E-state index < -0.39 is 18.5 Å². The molecule has 1 fully saturated rings. The molecule has 0 spiro atoms. The van der Waals surface area contributed by atoms with Crippen LogP contribution in [-0.4, -0.2) is 45.2 Å². The summed E-state index contributed by atoms with van der Waals surface area (Å²) in [6.45, 7) is -0.489. The first-order valence-electron chi connectivity index (χ1n) is 9.31. The van der Waals surface area contributed by atoms with E-state index in [1.165, 1.54) is 11.3 Å². The Balaban J connectivity index is 1.33. The van der Waals surface area contributed by atoms with E-state index in [2.05, 4.69) is 20.7 Å². The van der Waals surface area contributed by atoms with Crippen LogP contribution in [0, 0.1) is 0 Å². The highest BCUT2D eigenvalue weighted by atomic mass is 32.1. The van der Waals surface area contributed by atoms with Gasteiger partial charge in [-0.05, 0) is 25.0 Å². The first kappa shape index (κ1) is 19.8. The van der Waals surface area contributed by atoms with Crippen LogP contribution in [0.15, 0.2) is 42.0 Å². The maximum Gasteiger partial charge on any atom is 0.358 e. The quantitative estimate of drug-likeness (QED) is 0.561. The largest absolute Gasteiger partial charge is 0.451 e. The lowest BCUT2D eigenvalue weighted by atomic mass is 10.1. The highest BCUT2D eigenvalue weighted by molar-refractivity contribution is 7.13. The van der Waals surface area contributed by atoms with Gasteiger partial charge < -0.3 is 15.4 Å². The zero-order valence-electron chi connectivity index (χ0n) is 16.1. The van der Waals surface area contributed by atoms with Crippen LogP contribution < -0.4 is 10.6 Å². The molecule has 1 aromatic carbocycles. The molecule has 1 aliphatic rings. The second-order valence-corrected chi connectivity index (χ2v) is 7.72. The minimum absolute atomic E-state index is 0.121. The van der Waals surface area contributed by atoms with E-state index in [0.717, 1.165) is 18.4 Å². The van der Waals surface area contributed by atoms with Crippen LogP contribution in [0.2, 0.25) is 0 Å². The number of hydrogen-bond acceptors (Lipinski definition) is 7. The third kappa shape index (κ3) is 4.71. The van der Waals surface area contributed by atoms with E-state index in [9.17, 15) is 14.4 Å². The maximum atomic E-state index is 12.3. The SMILES string of the molecule is Cn1cc(-c2nc(C(=O)OCC(=O)Nc3ccccc3C(=O)NC3CC3)cs2)cn1. The van der Waals surface area contributed by atoms with Crippen LogP contribution >= 0.6 is 11.3 Å². The van der Waals surface area contributed by atoms with E-state index in [1.54, 1.807) is 53.8 Å². The summed E-state index contributed by atoms with van der Waals surface area (Å²) >= 11 is 1.29. The number of nitrogens with one attached hydrogen (secondary N) is 2. The standard InChI is InChI=1S/C20H19N5O4S/c1-25-9-12(8-21-25)19-24-16(11-30-19)20(28)29-10-17(26)23-15-5-3-2-4-14(15)18(27)22-13-6-7-13/h2-5,8-9,11,13H,6-7,10H2,1H3,(H,22,27)(H,23,26). The highest BCUT2D eigenvalue weighted by Gasteiger charge is 2.25. The van der Waals surface area contributed by atoms with E-state index in [-0.39, 0.29) is 17.6 Å². The van der Waals surface area contributed by atoms with Crippen LogP contribution in [0.4, 0.5) is 5.69 Å². The zero-order chi connectivity index (χ0) is 21.1. The Morgan fingerprint density at radius 3 is 2.80 bits per heavy atom. The van der Waals surface area contributed by atoms with Crippen molar-refractivity contribution in [3.63, 3.8) is 0 Å². The molecule has 154 valence electrons. The van der Waals surface area contributed by atoms with Gasteiger partial charge in [0.2, 0.25) is 0 Å². The molecule has 0 saturated heterocycles. The Bertz CT molecular complexity index is 1100. The minimum Gasteiger partial charge on any atom is -0.451 e. The number of rotatable bonds is 7. The van der Waals surface area contributed by atoms with Gasteiger partial charge in [0.25, 0.3) is 11.8 Å². The van der Waals surface area contributed by atoms with Gasteiger partial charge in [-0.3, -0.25) is 14.3 Å². The molecule has 9 nitrogen and oxygen atoms in total. The van der Waals surface area contributed by atoms with E-state index in [0.29, 0.717) is 16.3 Å². The molecule has 1 saturated carbocycles. The zero-order valence-corrected chi connectivity index (χ0v) is 16.9. The van der Waals surface area contributed by atoms with Crippen molar-refractivity contribution in [2.45, 2.75) is 18.9 Å². The highest BCUT2D eigenvalue weighted by Crippen LogP contribution is 2.23. The topological polar surface area (TPSA) is 115 Å². The molecule has 2 N–H and O–H groups in total. The number of benzene rings is 1. The van der Waals surface area contributed by atoms with Gasteiger partial charge in [0.1, 0.15) is 5.01 Å². The molecule has 0 bridgehead atoms. The van der Waals surface area contributed by atoms with Crippen molar-refractivity contribution >= 4 is 34.8 Å². The van der Waals surface area contributed by atoms with Gasteiger partial charge in [-0.25, -0.2) is 9.78 Å². The smallest absolute Gasteiger partial charge is 0.358 e. The molecule has 0 unspecified atom stereocenters. The normalized spacial score (nSPS) is 13.0. The second kappa shape index (κ2) is 8.46. The molecule has 30 heavy (non-hydrogen) atoms. The number of thiazole rings is 1. The fourth-order valence-corrected chi connectivity index (χ4v) is 3.47. The molecule has 4 rings (SSSR count). The Morgan fingerprint density at radius 1 is 1.27 bits per heavy atom. The van der Waals surface area contributed by atoms with E-state index in [4.69, 9.17) is 4.74 Å². The number of hydrogen-bond donors (Lipinski definition) is 2. The summed E-state index contributed by atoms with van der Waals surface area (Å²) in [6, 6.07) is 6.90. The number of amides is 2. The molecule has 10 heteroatoms. The number of esters is 1. The Morgan fingerprint density at radius 2 is 2.07 bits per heavy atom. The third-order valence-electron chi connectivity index (χ3n) is 4.36. The summed E-state index contributed by atoms with van der Waals surface area (Å²) in [6.07, 6.45) is 5.38. The van der Waals surface area contributed by atoms with Crippen molar-refractivity contribution < 1.29 is 19.1 Å². The fourth-order valence-electron chi connectivity index (χ4n) is 2.70. The van der Waals surface area contributed by atoms with Gasteiger partial charge in [-0.2, -0.15) is 5.10 Å². The summed E-state index contributed by atoms with van der Waals surface area (Å²) in [4.78, 5) is 41.0. The van der Waals surface area contributed by atoms with Crippen molar-refractivity contribution in [2.24, 2.45) is 7.05 Å². The van der Waals surface area contributed by atoms with Crippen LogP contribution in [0.3, 0.4) is 0 Å². The number of carbonyl (C=O) groups excluding carboxylic acids is 3. The van der Waals surface area contributed by atoms with Gasteiger partial charge >= 0.3 is 5.97 Å². The van der Waals surface area contributed by atoms with Crippen LogP contribution in [0.5, 0.6) is 0 Å². The molecule has 1 aliphatic carbocycles. The van der Waals surface area contributed by atoms with Gasteiger partial charge in [0.05, 0.1) is 17.4 Å². The first-order chi connectivity index (χ1) is 14.5. The number of ether oxygens (including phenoxy) is 1. The van der Waals surface area contributed by atoms with Crippen molar-refractivity contribution in [1.82, 2.24) is 20.1 Å². The lowest BCUT2D eigenvalue weighted by Gasteiger charge is -2.11. The summed E-state index contributed by atoms with van der Waals surface area (Å²) in [7, 11) is 1.79. The van der Waals surface area contributed by atoms with E-state index in [1.807, 2.05) is 0 Å². The third-order valence-corrected chi connectivity index (χ3v) is 5.25. The summed E-state index contributed by atoms with van der Waals surface area (Å²) < 4.78 is 6.70. The van der Waals surface area contributed by atoms with Crippen molar-refractivity contribution in [3.8, 4) is 10.6 Å². The van der Waals surface area contributed by atoms with Crippen molar-refractivity contribution in [2.75, 3.05) is 11.9 Å². The average molecular weight is 425 g/mol. The Labute approximate surface area is 176 Å². The number of aromatic nitrogens is 3. The van der Waals surface area contributed by atoms with Crippen LogP contribution in [0.25, 0.3) is 10.6 Å². The van der Waals surface area contributed by atoms with Gasteiger partial charge in [0.15, 0.2) is 12.3 Å². The molecule has 2 amide bonds. The Hall–Kier alpha value is -3.53. The molecule has 3 aromatic rings. The predicted octanol–water partition coefficient (Wildman–Crippen LogP) is 2.23. The number of anilines is 1. The number of nitrogens with zero attached hydrogens (tertiary/aromatic N) is 3.